The average molecular weight is 338 g/mol. The van der Waals surface area contributed by atoms with E-state index in [9.17, 15) is 18.0 Å². The summed E-state index contributed by atoms with van der Waals surface area (Å²) >= 11 is 0. The van der Waals surface area contributed by atoms with E-state index in [1.807, 2.05) is 6.92 Å². The van der Waals surface area contributed by atoms with Crippen LogP contribution in [0, 0.1) is 12.8 Å². The average Bonchev–Trinajstić information content (AvgIpc) is 2.53. The molecule has 1 aromatic carbocycles. The zero-order valence-corrected chi connectivity index (χ0v) is 13.1. The van der Waals surface area contributed by atoms with Gasteiger partial charge in [-0.3, -0.25) is 4.79 Å². The molecule has 1 saturated heterocycles. The summed E-state index contributed by atoms with van der Waals surface area (Å²) in [6, 6.07) is 5.07. The van der Waals surface area contributed by atoms with Crippen molar-refractivity contribution in [1.82, 2.24) is 9.97 Å². The number of carbonyl (C=O) groups is 1. The highest BCUT2D eigenvalue weighted by Gasteiger charge is 2.36. The maximum atomic E-state index is 13.1. The quantitative estimate of drug-likeness (QED) is 0.914. The fourth-order valence-electron chi connectivity index (χ4n) is 2.97. The number of anilines is 1. The predicted molar refractivity (Wildman–Crippen MR) is 83.4 cm³/mol. The van der Waals surface area contributed by atoms with Gasteiger partial charge in [-0.15, -0.1) is 0 Å². The number of carbonyl (C=O) groups excluding carboxylic acids is 1. The number of piperidine rings is 1. The molecule has 0 aliphatic carbocycles. The molecule has 1 fully saturated rings. The van der Waals surface area contributed by atoms with Crippen molar-refractivity contribution in [2.24, 2.45) is 11.7 Å². The molecule has 0 saturated carbocycles. The second kappa shape index (κ2) is 5.92. The molecular formula is C16H17F3N4O. The minimum absolute atomic E-state index is 0.238. The summed E-state index contributed by atoms with van der Waals surface area (Å²) in [5, 5.41) is 0.584. The van der Waals surface area contributed by atoms with E-state index in [0.29, 0.717) is 31.3 Å². The summed E-state index contributed by atoms with van der Waals surface area (Å²) < 4.78 is 39.3. The highest BCUT2D eigenvalue weighted by atomic mass is 19.4. The molecule has 128 valence electrons. The number of halogens is 3. The zero-order valence-electron chi connectivity index (χ0n) is 13.1. The van der Waals surface area contributed by atoms with Crippen LogP contribution >= 0.6 is 0 Å². The van der Waals surface area contributed by atoms with Crippen molar-refractivity contribution < 1.29 is 18.0 Å². The Morgan fingerprint density at radius 1 is 1.25 bits per heavy atom. The third-order valence-electron chi connectivity index (χ3n) is 4.28. The summed E-state index contributed by atoms with van der Waals surface area (Å²) in [6.07, 6.45) is -3.60. The molecule has 0 bridgehead atoms. The standard InChI is InChI=1S/C16H17F3N4O/c1-9-2-3-12-11(8-9)14(22-15(21-12)16(17,18)19)23-6-4-10(5-7-23)13(20)24/h2-3,8,10H,4-7H2,1H3,(H2,20,24). The Labute approximate surface area is 136 Å². The first kappa shape index (κ1) is 16.5. The van der Waals surface area contributed by atoms with Crippen molar-refractivity contribution in [3.63, 3.8) is 0 Å². The van der Waals surface area contributed by atoms with E-state index in [1.165, 1.54) is 0 Å². The number of alkyl halides is 3. The second-order valence-electron chi connectivity index (χ2n) is 6.05. The van der Waals surface area contributed by atoms with Gasteiger partial charge in [0.15, 0.2) is 0 Å². The Balaban J connectivity index is 2.05. The lowest BCUT2D eigenvalue weighted by atomic mass is 9.96. The first-order valence-corrected chi connectivity index (χ1v) is 7.65. The zero-order chi connectivity index (χ0) is 17.5. The molecular weight excluding hydrogens is 321 g/mol. The van der Waals surface area contributed by atoms with E-state index >= 15 is 0 Å². The summed E-state index contributed by atoms with van der Waals surface area (Å²) in [7, 11) is 0. The van der Waals surface area contributed by atoms with Gasteiger partial charge in [-0.2, -0.15) is 13.2 Å². The Morgan fingerprint density at radius 3 is 2.50 bits per heavy atom. The lowest BCUT2D eigenvalue weighted by Crippen LogP contribution is -2.39. The molecule has 1 aliphatic rings. The number of nitrogens with zero attached hydrogens (tertiary/aromatic N) is 3. The molecule has 3 rings (SSSR count). The van der Waals surface area contributed by atoms with Crippen molar-refractivity contribution in [2.75, 3.05) is 18.0 Å². The van der Waals surface area contributed by atoms with Crippen molar-refractivity contribution in [1.29, 1.82) is 0 Å². The smallest absolute Gasteiger partial charge is 0.369 e. The molecule has 2 heterocycles. The van der Waals surface area contributed by atoms with E-state index in [-0.39, 0.29) is 23.2 Å². The predicted octanol–water partition coefficient (Wildman–Crippen LogP) is 2.66. The van der Waals surface area contributed by atoms with Gasteiger partial charge in [0.1, 0.15) is 5.82 Å². The molecule has 1 amide bonds. The number of nitrogens with two attached hydrogens (primary N) is 1. The lowest BCUT2D eigenvalue weighted by molar-refractivity contribution is -0.144. The number of hydrogen-bond donors (Lipinski definition) is 1. The van der Waals surface area contributed by atoms with Gasteiger partial charge in [0.2, 0.25) is 11.7 Å². The van der Waals surface area contributed by atoms with Crippen molar-refractivity contribution >= 4 is 22.6 Å². The number of fused-ring (bicyclic) bond motifs is 1. The molecule has 1 aromatic heterocycles. The van der Waals surface area contributed by atoms with E-state index in [0.717, 1.165) is 5.56 Å². The maximum Gasteiger partial charge on any atom is 0.451 e. The lowest BCUT2D eigenvalue weighted by Gasteiger charge is -2.32. The number of benzene rings is 1. The number of rotatable bonds is 2. The molecule has 5 nitrogen and oxygen atoms in total. The number of hydrogen-bond acceptors (Lipinski definition) is 4. The third-order valence-corrected chi connectivity index (χ3v) is 4.28. The van der Waals surface area contributed by atoms with Gasteiger partial charge in [0.05, 0.1) is 5.52 Å². The fraction of sp³-hybridized carbons (Fsp3) is 0.438. The first-order chi connectivity index (χ1) is 11.3. The third kappa shape index (κ3) is 3.13. The molecule has 1 aliphatic heterocycles. The van der Waals surface area contributed by atoms with Gasteiger partial charge in [-0.25, -0.2) is 9.97 Å². The summed E-state index contributed by atoms with van der Waals surface area (Å²) in [5.74, 6) is -1.49. The molecule has 2 aromatic rings. The Morgan fingerprint density at radius 2 is 1.92 bits per heavy atom. The van der Waals surface area contributed by atoms with Crippen LogP contribution in [0.1, 0.15) is 24.2 Å². The van der Waals surface area contributed by atoms with Crippen LogP contribution in [0.25, 0.3) is 10.9 Å². The van der Waals surface area contributed by atoms with Gasteiger partial charge >= 0.3 is 6.18 Å². The van der Waals surface area contributed by atoms with Crippen molar-refractivity contribution in [3.05, 3.63) is 29.6 Å². The second-order valence-corrected chi connectivity index (χ2v) is 6.05. The minimum Gasteiger partial charge on any atom is -0.369 e. The van der Waals surface area contributed by atoms with Crippen LogP contribution in [0.15, 0.2) is 18.2 Å². The highest BCUT2D eigenvalue weighted by molar-refractivity contribution is 5.90. The monoisotopic (exact) mass is 338 g/mol. The number of amides is 1. The van der Waals surface area contributed by atoms with Crippen molar-refractivity contribution in [3.8, 4) is 0 Å². The van der Waals surface area contributed by atoms with Crippen LogP contribution in [0.2, 0.25) is 0 Å². The van der Waals surface area contributed by atoms with Gasteiger partial charge in [0.25, 0.3) is 0 Å². The van der Waals surface area contributed by atoms with Crippen LogP contribution in [-0.2, 0) is 11.0 Å². The SMILES string of the molecule is Cc1ccc2nc(C(F)(F)F)nc(N3CCC(C(N)=O)CC3)c2c1. The molecule has 0 radical (unpaired) electrons. The highest BCUT2D eigenvalue weighted by Crippen LogP contribution is 2.33. The largest absolute Gasteiger partial charge is 0.451 e. The van der Waals surface area contributed by atoms with Crippen LogP contribution in [0.5, 0.6) is 0 Å². The van der Waals surface area contributed by atoms with Crippen LogP contribution in [-0.4, -0.2) is 29.0 Å². The number of primary amides is 1. The normalized spacial score (nSPS) is 16.6. The maximum absolute atomic E-state index is 13.1. The molecule has 0 atom stereocenters. The summed E-state index contributed by atoms with van der Waals surface area (Å²) in [5.41, 5.74) is 6.49. The Hall–Kier alpha value is -2.38. The van der Waals surface area contributed by atoms with E-state index in [2.05, 4.69) is 9.97 Å². The van der Waals surface area contributed by atoms with E-state index < -0.39 is 12.0 Å². The van der Waals surface area contributed by atoms with Crippen LogP contribution < -0.4 is 10.6 Å². The van der Waals surface area contributed by atoms with Gasteiger partial charge < -0.3 is 10.6 Å². The van der Waals surface area contributed by atoms with Gasteiger partial charge in [-0.1, -0.05) is 11.6 Å². The first-order valence-electron chi connectivity index (χ1n) is 7.65. The number of aromatic nitrogens is 2. The number of aryl methyl sites for hydroxylation is 1. The van der Waals surface area contributed by atoms with E-state index in [1.54, 1.807) is 23.1 Å². The topological polar surface area (TPSA) is 72.1 Å². The summed E-state index contributed by atoms with van der Waals surface area (Å²) in [4.78, 5) is 20.5. The van der Waals surface area contributed by atoms with E-state index in [4.69, 9.17) is 5.73 Å². The van der Waals surface area contributed by atoms with Crippen LogP contribution in [0.4, 0.5) is 19.0 Å². The van der Waals surface area contributed by atoms with Crippen molar-refractivity contribution in [2.45, 2.75) is 25.9 Å². The Kier molecular flexibility index (Phi) is 4.06. The molecule has 0 unspecified atom stereocenters. The molecule has 0 spiro atoms. The van der Waals surface area contributed by atoms with Gasteiger partial charge in [-0.05, 0) is 31.9 Å². The Bertz CT molecular complexity index is 783. The molecule has 2 N–H and O–H groups in total. The molecule has 8 heteroatoms. The fourth-order valence-corrected chi connectivity index (χ4v) is 2.97. The minimum atomic E-state index is -4.61. The summed E-state index contributed by atoms with van der Waals surface area (Å²) in [6.45, 7) is 2.73. The van der Waals surface area contributed by atoms with Crippen LogP contribution in [0.3, 0.4) is 0 Å². The van der Waals surface area contributed by atoms with Gasteiger partial charge in [0, 0.05) is 24.4 Å². The molecule has 24 heavy (non-hydrogen) atoms.